The second-order valence-electron chi connectivity index (χ2n) is 1.34. The summed E-state index contributed by atoms with van der Waals surface area (Å²) >= 11 is 0. The molecule has 0 bridgehead atoms. The van der Waals surface area contributed by atoms with Crippen LogP contribution in [0.1, 0.15) is 13.9 Å². The minimum absolute atomic E-state index is 0.208. The number of nitrogens with zero attached hydrogens (tertiary/aromatic N) is 2. The number of rotatable bonds is 1. The van der Waals surface area contributed by atoms with Gasteiger partial charge in [0.25, 0.3) is 0 Å². The highest BCUT2D eigenvalue weighted by molar-refractivity contribution is 5.05. The van der Waals surface area contributed by atoms with E-state index >= 15 is 0 Å². The molecule has 0 fully saturated rings. The third-order valence-electron chi connectivity index (χ3n) is 0.733. The second kappa shape index (κ2) is 2.44. The molecule has 0 aliphatic carbocycles. The molecule has 3 heteroatoms. The third kappa shape index (κ3) is 1.38. The van der Waals surface area contributed by atoms with E-state index in [9.17, 15) is 0 Å². The number of ether oxygens (including phenoxy) is 1. The summed E-state index contributed by atoms with van der Waals surface area (Å²) in [5.74, 6) is -0.233. The Hall–Kier alpha value is -1.12. The average Bonchev–Trinajstić information content (AvgIpc) is 2.00. The number of aromatic nitrogens is 2. The fourth-order valence-electron chi connectivity index (χ4n) is 0.369. The highest BCUT2D eigenvalue weighted by atomic mass is 16.5. The van der Waals surface area contributed by atoms with E-state index in [1.54, 1.807) is 0 Å². The van der Waals surface area contributed by atoms with E-state index in [1.165, 1.54) is 0 Å². The maximum absolute atomic E-state index is 7.00. The van der Waals surface area contributed by atoms with Crippen molar-refractivity contribution in [3.8, 4) is 5.88 Å². The van der Waals surface area contributed by atoms with Crippen molar-refractivity contribution in [2.24, 2.45) is 0 Å². The molecule has 0 amide bonds. The zero-order valence-electron chi connectivity index (χ0n) is 10.5. The highest BCUT2D eigenvalue weighted by Gasteiger charge is 1.88. The fourth-order valence-corrected chi connectivity index (χ4v) is 0.369. The molecule has 0 aliphatic rings. The second-order valence-corrected chi connectivity index (χ2v) is 1.34. The predicted octanol–water partition coefficient (Wildman–Crippen LogP) is 0.794. The first kappa shape index (κ1) is 1.94. The van der Waals surface area contributed by atoms with E-state index in [2.05, 4.69) is 14.7 Å². The SMILES string of the molecule is [2H]C([2H])([2H])Oc1cnc(C([2H])([2H])[2H])cn1. The van der Waals surface area contributed by atoms with Crippen molar-refractivity contribution in [3.63, 3.8) is 0 Å². The van der Waals surface area contributed by atoms with E-state index in [4.69, 9.17) is 8.22 Å². The van der Waals surface area contributed by atoms with Crippen molar-refractivity contribution >= 4 is 0 Å². The van der Waals surface area contributed by atoms with Gasteiger partial charge in [-0.1, -0.05) is 0 Å². The lowest BCUT2D eigenvalue weighted by Gasteiger charge is -1.94. The maximum Gasteiger partial charge on any atom is 0.231 e. The number of methoxy groups -OCH3 is 1. The van der Waals surface area contributed by atoms with Gasteiger partial charge in [-0.25, -0.2) is 4.98 Å². The first-order valence-corrected chi connectivity index (χ1v) is 2.20. The minimum Gasteiger partial charge on any atom is -0.480 e. The summed E-state index contributed by atoms with van der Waals surface area (Å²) in [5.41, 5.74) is -0.208. The largest absolute Gasteiger partial charge is 0.480 e. The molecule has 3 nitrogen and oxygen atoms in total. The van der Waals surface area contributed by atoms with Crippen molar-refractivity contribution in [1.29, 1.82) is 0 Å². The quantitative estimate of drug-likeness (QED) is 0.564. The van der Waals surface area contributed by atoms with Gasteiger partial charge in [-0.3, -0.25) is 4.98 Å². The van der Waals surface area contributed by atoms with Gasteiger partial charge in [0.2, 0.25) is 5.88 Å². The van der Waals surface area contributed by atoms with Crippen molar-refractivity contribution in [1.82, 2.24) is 9.97 Å². The highest BCUT2D eigenvalue weighted by Crippen LogP contribution is 2.00. The molecule has 1 aromatic rings. The summed E-state index contributed by atoms with van der Waals surface area (Å²) in [5, 5.41) is 0. The van der Waals surface area contributed by atoms with Gasteiger partial charge in [-0.2, -0.15) is 0 Å². The Morgan fingerprint density at radius 3 is 3.11 bits per heavy atom. The Kier molecular flexibility index (Phi) is 0.524. The van der Waals surface area contributed by atoms with Crippen LogP contribution in [0.25, 0.3) is 0 Å². The van der Waals surface area contributed by atoms with Gasteiger partial charge in [0.1, 0.15) is 0 Å². The van der Waals surface area contributed by atoms with Gasteiger partial charge in [0.05, 0.1) is 29.2 Å². The molecule has 48 valence electrons. The Morgan fingerprint density at radius 1 is 1.56 bits per heavy atom. The van der Waals surface area contributed by atoms with Crippen LogP contribution in [0.5, 0.6) is 5.88 Å². The molecule has 0 aliphatic heterocycles. The van der Waals surface area contributed by atoms with Crippen LogP contribution in [0.15, 0.2) is 12.4 Å². The van der Waals surface area contributed by atoms with Crippen LogP contribution in [0.3, 0.4) is 0 Å². The molecule has 0 saturated heterocycles. The molecule has 9 heavy (non-hydrogen) atoms. The molecule has 0 unspecified atom stereocenters. The summed E-state index contributed by atoms with van der Waals surface area (Å²) in [4.78, 5) is 7.06. The van der Waals surface area contributed by atoms with Crippen LogP contribution >= 0.6 is 0 Å². The number of aryl methyl sites for hydroxylation is 1. The summed E-state index contributed by atoms with van der Waals surface area (Å²) in [6.45, 7) is -2.36. The average molecular weight is 130 g/mol. The molecule has 0 N–H and O–H groups in total. The summed E-state index contributed by atoms with van der Waals surface area (Å²) in [6.07, 6.45) is 1.93. The monoisotopic (exact) mass is 130 g/mol. The molecule has 0 aromatic carbocycles. The predicted molar refractivity (Wildman–Crippen MR) is 33.3 cm³/mol. The van der Waals surface area contributed by atoms with Crippen LogP contribution in [0.2, 0.25) is 0 Å². The van der Waals surface area contributed by atoms with Gasteiger partial charge >= 0.3 is 0 Å². The van der Waals surface area contributed by atoms with Crippen LogP contribution < -0.4 is 4.74 Å². The molecular weight excluding hydrogens is 116 g/mol. The molecular formula is C6H8N2O. The van der Waals surface area contributed by atoms with Crippen molar-refractivity contribution in [2.45, 2.75) is 6.85 Å². The van der Waals surface area contributed by atoms with Gasteiger partial charge in [0, 0.05) is 4.11 Å². The Bertz CT molecular complexity index is 329. The van der Waals surface area contributed by atoms with Gasteiger partial charge in [-0.05, 0) is 6.85 Å². The first-order chi connectivity index (χ1) is 6.68. The molecule has 0 spiro atoms. The van der Waals surface area contributed by atoms with E-state index < -0.39 is 13.9 Å². The molecule has 1 aromatic heterocycles. The van der Waals surface area contributed by atoms with Crippen molar-refractivity contribution in [2.75, 3.05) is 7.04 Å². The lowest BCUT2D eigenvalue weighted by atomic mass is 10.5. The normalized spacial score (nSPS) is 21.8. The lowest BCUT2D eigenvalue weighted by molar-refractivity contribution is 0.395. The van der Waals surface area contributed by atoms with Gasteiger partial charge in [-0.15, -0.1) is 0 Å². The summed E-state index contributed by atoms with van der Waals surface area (Å²) < 4.78 is 45.8. The molecule has 0 radical (unpaired) electrons. The van der Waals surface area contributed by atoms with Crippen LogP contribution in [0, 0.1) is 6.85 Å². The van der Waals surface area contributed by atoms with Crippen LogP contribution in [0.4, 0.5) is 0 Å². The van der Waals surface area contributed by atoms with Gasteiger partial charge < -0.3 is 4.74 Å². The van der Waals surface area contributed by atoms with Crippen molar-refractivity contribution < 1.29 is 13.0 Å². The Balaban J connectivity index is 2.82. The first-order valence-electron chi connectivity index (χ1n) is 5.20. The summed E-state index contributed by atoms with van der Waals surface area (Å²) in [7, 11) is -2.61. The third-order valence-corrected chi connectivity index (χ3v) is 0.733. The molecule has 1 heterocycles. The Labute approximate surface area is 62.1 Å². The molecule has 1 rings (SSSR count). The maximum atomic E-state index is 7.00. The van der Waals surface area contributed by atoms with E-state index in [0.717, 1.165) is 12.4 Å². The van der Waals surface area contributed by atoms with Crippen LogP contribution in [-0.4, -0.2) is 17.0 Å². The van der Waals surface area contributed by atoms with Crippen molar-refractivity contribution in [3.05, 3.63) is 18.1 Å². The molecule has 0 atom stereocenters. The topological polar surface area (TPSA) is 35.0 Å². The smallest absolute Gasteiger partial charge is 0.231 e. The Morgan fingerprint density at radius 2 is 2.56 bits per heavy atom. The van der Waals surface area contributed by atoms with E-state index in [-0.39, 0.29) is 11.6 Å². The summed E-state index contributed by atoms with van der Waals surface area (Å²) in [6, 6.07) is 0. The number of hydrogen-bond donors (Lipinski definition) is 0. The zero-order chi connectivity index (χ0) is 11.7. The van der Waals surface area contributed by atoms with Crippen LogP contribution in [-0.2, 0) is 0 Å². The minimum atomic E-state index is -2.61. The number of hydrogen-bond acceptors (Lipinski definition) is 3. The fraction of sp³-hybridized carbons (Fsp3) is 0.333. The standard InChI is InChI=1S/C6H8N2O/c1-5-3-8-6(9-2)4-7-5/h3-4H,1-2H3/i1D3,2D3. The van der Waals surface area contributed by atoms with E-state index in [0.29, 0.717) is 0 Å². The lowest BCUT2D eigenvalue weighted by Crippen LogP contribution is -1.88. The van der Waals surface area contributed by atoms with E-state index in [1.807, 2.05) is 0 Å². The zero-order valence-corrected chi connectivity index (χ0v) is 4.46. The van der Waals surface area contributed by atoms with Gasteiger partial charge in [0.15, 0.2) is 0 Å². The molecule has 0 saturated carbocycles.